The lowest BCUT2D eigenvalue weighted by molar-refractivity contribution is 0.587. The van der Waals surface area contributed by atoms with E-state index in [2.05, 4.69) is 9.97 Å². The molecule has 0 aliphatic heterocycles. The quantitative estimate of drug-likeness (QED) is 0.880. The number of nitrogens with zero attached hydrogens (tertiary/aromatic N) is 1. The largest absolute Gasteiger partial charge is 0.341 e. The van der Waals surface area contributed by atoms with Crippen LogP contribution in [0.5, 0.6) is 0 Å². The van der Waals surface area contributed by atoms with Gasteiger partial charge in [0, 0.05) is 6.26 Å². The third-order valence-electron chi connectivity index (χ3n) is 2.98. The van der Waals surface area contributed by atoms with E-state index in [4.69, 9.17) is 5.73 Å². The van der Waals surface area contributed by atoms with E-state index in [1.165, 1.54) is 12.3 Å². The SMILES string of the molecule is CS(=O)(=O)CCC(N)c1ncc(-c2c(F)cccc2F)[nH]1. The smallest absolute Gasteiger partial charge is 0.147 e. The molecule has 1 unspecified atom stereocenters. The Morgan fingerprint density at radius 1 is 1.33 bits per heavy atom. The van der Waals surface area contributed by atoms with Gasteiger partial charge in [-0.2, -0.15) is 0 Å². The van der Waals surface area contributed by atoms with Crippen LogP contribution in [0, 0.1) is 11.6 Å². The fraction of sp³-hybridized carbons (Fsp3) is 0.308. The third-order valence-corrected chi connectivity index (χ3v) is 3.96. The van der Waals surface area contributed by atoms with E-state index in [1.807, 2.05) is 0 Å². The Morgan fingerprint density at radius 3 is 2.52 bits per heavy atom. The second-order valence-corrected chi connectivity index (χ2v) is 7.06. The molecular weight excluding hydrogens is 300 g/mol. The van der Waals surface area contributed by atoms with Crippen molar-refractivity contribution in [2.24, 2.45) is 5.73 Å². The summed E-state index contributed by atoms with van der Waals surface area (Å²) in [7, 11) is -3.13. The van der Waals surface area contributed by atoms with Crippen molar-refractivity contribution >= 4 is 9.84 Å². The number of aromatic nitrogens is 2. The number of rotatable bonds is 5. The number of imidazole rings is 1. The summed E-state index contributed by atoms with van der Waals surface area (Å²) in [5.74, 6) is -1.22. The van der Waals surface area contributed by atoms with E-state index in [0.29, 0.717) is 0 Å². The molecule has 21 heavy (non-hydrogen) atoms. The Morgan fingerprint density at radius 2 is 1.95 bits per heavy atom. The highest BCUT2D eigenvalue weighted by Crippen LogP contribution is 2.25. The van der Waals surface area contributed by atoms with E-state index in [1.54, 1.807) is 0 Å². The molecule has 1 atom stereocenters. The van der Waals surface area contributed by atoms with Crippen LogP contribution < -0.4 is 5.73 Å². The second-order valence-electron chi connectivity index (χ2n) is 4.80. The van der Waals surface area contributed by atoms with Gasteiger partial charge in [-0.3, -0.25) is 0 Å². The molecule has 114 valence electrons. The lowest BCUT2D eigenvalue weighted by atomic mass is 10.1. The molecule has 0 saturated carbocycles. The Labute approximate surface area is 121 Å². The number of halogens is 2. The summed E-state index contributed by atoms with van der Waals surface area (Å²) in [5.41, 5.74) is 5.77. The van der Waals surface area contributed by atoms with Crippen molar-refractivity contribution in [3.05, 3.63) is 41.9 Å². The number of nitrogens with two attached hydrogens (primary N) is 1. The Balaban J connectivity index is 2.22. The molecule has 0 spiro atoms. The molecule has 8 heteroatoms. The van der Waals surface area contributed by atoms with Gasteiger partial charge in [-0.05, 0) is 18.6 Å². The van der Waals surface area contributed by atoms with Gasteiger partial charge >= 0.3 is 0 Å². The predicted molar refractivity (Wildman–Crippen MR) is 75.2 cm³/mol. The molecule has 1 heterocycles. The number of aromatic amines is 1. The Bertz CT molecular complexity index is 723. The summed E-state index contributed by atoms with van der Waals surface area (Å²) in [6.45, 7) is 0. The summed E-state index contributed by atoms with van der Waals surface area (Å²) in [4.78, 5) is 6.70. The van der Waals surface area contributed by atoms with Crippen LogP contribution in [-0.4, -0.2) is 30.4 Å². The number of sulfone groups is 1. The summed E-state index contributed by atoms with van der Waals surface area (Å²) in [5, 5.41) is 0. The van der Waals surface area contributed by atoms with Crippen LogP contribution in [0.1, 0.15) is 18.3 Å². The molecule has 1 aromatic carbocycles. The predicted octanol–water partition coefficient (Wildman–Crippen LogP) is 1.79. The maximum atomic E-state index is 13.7. The number of nitrogens with one attached hydrogen (secondary N) is 1. The third kappa shape index (κ3) is 3.85. The zero-order valence-corrected chi connectivity index (χ0v) is 12.1. The molecule has 2 aromatic rings. The maximum Gasteiger partial charge on any atom is 0.147 e. The van der Waals surface area contributed by atoms with Gasteiger partial charge in [0.2, 0.25) is 0 Å². The molecule has 0 saturated heterocycles. The molecule has 0 aliphatic rings. The van der Waals surface area contributed by atoms with Crippen molar-refractivity contribution in [2.45, 2.75) is 12.5 Å². The lowest BCUT2D eigenvalue weighted by Gasteiger charge is -2.07. The topological polar surface area (TPSA) is 88.8 Å². The first-order valence-electron chi connectivity index (χ1n) is 6.20. The number of hydrogen-bond donors (Lipinski definition) is 2. The molecule has 5 nitrogen and oxygen atoms in total. The molecule has 0 fully saturated rings. The summed E-state index contributed by atoms with van der Waals surface area (Å²) >= 11 is 0. The summed E-state index contributed by atoms with van der Waals surface area (Å²) < 4.78 is 49.5. The molecular formula is C13H15F2N3O2S. The van der Waals surface area contributed by atoms with Crippen LogP contribution in [0.4, 0.5) is 8.78 Å². The summed E-state index contributed by atoms with van der Waals surface area (Å²) in [6, 6.07) is 2.90. The van der Waals surface area contributed by atoms with Crippen LogP contribution >= 0.6 is 0 Å². The van der Waals surface area contributed by atoms with E-state index >= 15 is 0 Å². The number of hydrogen-bond acceptors (Lipinski definition) is 4. The van der Waals surface area contributed by atoms with Crippen LogP contribution in [0.3, 0.4) is 0 Å². The standard InChI is InChI=1S/C13H15F2N3O2S/c1-21(19,20)6-5-10(16)13-17-7-11(18-13)12-8(14)3-2-4-9(12)15/h2-4,7,10H,5-6,16H2,1H3,(H,17,18). The van der Waals surface area contributed by atoms with E-state index < -0.39 is 27.5 Å². The first-order chi connectivity index (χ1) is 9.78. The van der Waals surface area contributed by atoms with Crippen LogP contribution in [0.2, 0.25) is 0 Å². The normalized spacial score (nSPS) is 13.3. The van der Waals surface area contributed by atoms with Gasteiger partial charge in [0.15, 0.2) is 0 Å². The van der Waals surface area contributed by atoms with Gasteiger partial charge in [0.25, 0.3) is 0 Å². The monoisotopic (exact) mass is 315 g/mol. The van der Waals surface area contributed by atoms with Crippen LogP contribution in [0.25, 0.3) is 11.3 Å². The fourth-order valence-electron chi connectivity index (χ4n) is 1.88. The van der Waals surface area contributed by atoms with Crippen molar-refractivity contribution in [3.8, 4) is 11.3 Å². The zero-order valence-electron chi connectivity index (χ0n) is 11.3. The minimum Gasteiger partial charge on any atom is -0.341 e. The van der Waals surface area contributed by atoms with Crippen molar-refractivity contribution < 1.29 is 17.2 Å². The lowest BCUT2D eigenvalue weighted by Crippen LogP contribution is -2.16. The van der Waals surface area contributed by atoms with E-state index in [9.17, 15) is 17.2 Å². The highest BCUT2D eigenvalue weighted by molar-refractivity contribution is 7.90. The van der Waals surface area contributed by atoms with E-state index in [-0.39, 0.29) is 29.3 Å². The first-order valence-corrected chi connectivity index (χ1v) is 8.26. The molecule has 0 radical (unpaired) electrons. The van der Waals surface area contributed by atoms with Gasteiger partial charge in [-0.1, -0.05) is 6.07 Å². The van der Waals surface area contributed by atoms with Gasteiger partial charge in [0.1, 0.15) is 27.3 Å². The van der Waals surface area contributed by atoms with E-state index in [0.717, 1.165) is 18.4 Å². The van der Waals surface area contributed by atoms with Gasteiger partial charge in [-0.15, -0.1) is 0 Å². The van der Waals surface area contributed by atoms with Crippen molar-refractivity contribution in [3.63, 3.8) is 0 Å². The van der Waals surface area contributed by atoms with Gasteiger partial charge in [0.05, 0.1) is 29.2 Å². The van der Waals surface area contributed by atoms with Crippen molar-refractivity contribution in [1.29, 1.82) is 0 Å². The average Bonchev–Trinajstić information content (AvgIpc) is 2.84. The minimum atomic E-state index is -3.13. The van der Waals surface area contributed by atoms with Crippen molar-refractivity contribution in [2.75, 3.05) is 12.0 Å². The molecule has 2 rings (SSSR count). The average molecular weight is 315 g/mol. The zero-order chi connectivity index (χ0) is 15.6. The van der Waals surface area contributed by atoms with Crippen LogP contribution in [-0.2, 0) is 9.84 Å². The van der Waals surface area contributed by atoms with Crippen LogP contribution in [0.15, 0.2) is 24.4 Å². The minimum absolute atomic E-state index is 0.0851. The molecule has 1 aromatic heterocycles. The highest BCUT2D eigenvalue weighted by atomic mass is 32.2. The second kappa shape index (κ2) is 5.90. The molecule has 3 N–H and O–H groups in total. The highest BCUT2D eigenvalue weighted by Gasteiger charge is 2.17. The maximum absolute atomic E-state index is 13.7. The fourth-order valence-corrected chi connectivity index (χ4v) is 2.57. The molecule has 0 amide bonds. The van der Waals surface area contributed by atoms with Gasteiger partial charge < -0.3 is 10.7 Å². The van der Waals surface area contributed by atoms with Gasteiger partial charge in [-0.25, -0.2) is 22.2 Å². The number of H-pyrrole nitrogens is 1. The first kappa shape index (κ1) is 15.6. The van der Waals surface area contributed by atoms with Crippen molar-refractivity contribution in [1.82, 2.24) is 9.97 Å². The molecule has 0 bridgehead atoms. The number of benzene rings is 1. The Hall–Kier alpha value is -1.80. The molecule has 0 aliphatic carbocycles. The summed E-state index contributed by atoms with van der Waals surface area (Å²) in [6.07, 6.45) is 2.56. The Kier molecular flexibility index (Phi) is 4.38.